The lowest BCUT2D eigenvalue weighted by Gasteiger charge is -2.29. The van der Waals surface area contributed by atoms with Crippen LogP contribution in [0.3, 0.4) is 0 Å². The lowest BCUT2D eigenvalue weighted by molar-refractivity contribution is 0.586. The van der Waals surface area contributed by atoms with Crippen LogP contribution in [0.25, 0.3) is 0 Å². The summed E-state index contributed by atoms with van der Waals surface area (Å²) in [7, 11) is -1.79. The largest absolute Gasteiger partial charge is 0.450 e. The molecule has 6 heteroatoms. The van der Waals surface area contributed by atoms with E-state index in [1.54, 1.807) is 6.07 Å². The third-order valence-corrected chi connectivity index (χ3v) is 4.34. The highest BCUT2D eigenvalue weighted by Gasteiger charge is 2.21. The molecular weight excluding hydrogens is 225 g/mol. The summed E-state index contributed by atoms with van der Waals surface area (Å²) in [6, 6.07) is 7.41. The Kier molecular flexibility index (Phi) is 3.21. The topological polar surface area (TPSA) is 57.6 Å². The Morgan fingerprint density at radius 2 is 1.94 bits per heavy atom. The van der Waals surface area contributed by atoms with Crippen molar-refractivity contribution in [2.45, 2.75) is 0 Å². The fourth-order valence-electron chi connectivity index (χ4n) is 1.77. The van der Waals surface area contributed by atoms with Gasteiger partial charge in [0.2, 0.25) is 0 Å². The predicted molar refractivity (Wildman–Crippen MR) is 64.9 cm³/mol. The molecule has 1 aromatic rings. The van der Waals surface area contributed by atoms with Crippen molar-refractivity contribution < 1.29 is 13.4 Å². The average molecular weight is 238 g/mol. The lowest BCUT2D eigenvalue weighted by Crippen LogP contribution is -2.40. The van der Waals surface area contributed by atoms with Crippen LogP contribution in [-0.4, -0.2) is 45.5 Å². The predicted octanol–water partition coefficient (Wildman–Crippen LogP) is -0.842. The maximum absolute atomic E-state index is 11.3. The molecule has 1 fully saturated rings. The molecule has 85 valence electrons. The number of rotatable bonds is 2. The van der Waals surface area contributed by atoms with Gasteiger partial charge in [0.15, 0.2) is 9.84 Å². The molecule has 0 saturated carbocycles. The van der Waals surface area contributed by atoms with Gasteiger partial charge in [0.1, 0.15) is 0 Å². The minimum atomic E-state index is -2.84. The van der Waals surface area contributed by atoms with Gasteiger partial charge in [-0.2, -0.15) is 0 Å². The van der Waals surface area contributed by atoms with Gasteiger partial charge in [-0.1, -0.05) is 17.6 Å². The summed E-state index contributed by atoms with van der Waals surface area (Å²) in [5, 5.41) is 8.90. The Hall–Kier alpha value is -1.01. The van der Waals surface area contributed by atoms with Crippen molar-refractivity contribution in [2.75, 3.05) is 29.5 Å². The van der Waals surface area contributed by atoms with Crippen LogP contribution in [0.15, 0.2) is 24.3 Å². The van der Waals surface area contributed by atoms with Gasteiger partial charge in [-0.15, -0.1) is 0 Å². The van der Waals surface area contributed by atoms with Crippen molar-refractivity contribution in [1.82, 2.24) is 0 Å². The van der Waals surface area contributed by atoms with Gasteiger partial charge >= 0.3 is 7.48 Å². The number of nitrogens with zero attached hydrogens (tertiary/aromatic N) is 1. The first-order chi connectivity index (χ1) is 7.61. The maximum atomic E-state index is 11.3. The SMILES string of the molecule is O=S1(=O)CCN(c2cccc([B]O)c2)CC1. The van der Waals surface area contributed by atoms with E-state index in [9.17, 15) is 8.42 Å². The molecule has 1 aromatic carbocycles. The third kappa shape index (κ3) is 2.57. The number of benzene rings is 1. The highest BCUT2D eigenvalue weighted by atomic mass is 32.2. The van der Waals surface area contributed by atoms with Crippen molar-refractivity contribution >= 4 is 28.5 Å². The molecule has 1 aliphatic heterocycles. The Morgan fingerprint density at radius 1 is 1.25 bits per heavy atom. The molecule has 1 N–H and O–H groups in total. The Balaban J connectivity index is 2.13. The van der Waals surface area contributed by atoms with Gasteiger partial charge in [-0.3, -0.25) is 0 Å². The van der Waals surface area contributed by atoms with E-state index < -0.39 is 9.84 Å². The van der Waals surface area contributed by atoms with Crippen molar-refractivity contribution in [3.8, 4) is 0 Å². The third-order valence-electron chi connectivity index (χ3n) is 2.73. The second kappa shape index (κ2) is 4.47. The zero-order valence-electron chi connectivity index (χ0n) is 8.83. The molecule has 0 bridgehead atoms. The molecule has 4 nitrogen and oxygen atoms in total. The van der Waals surface area contributed by atoms with E-state index in [2.05, 4.69) is 0 Å². The number of hydrogen-bond acceptors (Lipinski definition) is 4. The van der Waals surface area contributed by atoms with E-state index in [0.717, 1.165) is 18.6 Å². The van der Waals surface area contributed by atoms with E-state index >= 15 is 0 Å². The molecule has 1 heterocycles. The molecular formula is C10H13BNO3S. The van der Waals surface area contributed by atoms with E-state index in [1.165, 1.54) is 0 Å². The van der Waals surface area contributed by atoms with Crippen LogP contribution in [0, 0.1) is 0 Å². The first-order valence-electron chi connectivity index (χ1n) is 5.13. The van der Waals surface area contributed by atoms with Gasteiger partial charge in [0.05, 0.1) is 11.5 Å². The molecule has 0 atom stereocenters. The summed E-state index contributed by atoms with van der Waals surface area (Å²) >= 11 is 0. The van der Waals surface area contributed by atoms with Crippen LogP contribution >= 0.6 is 0 Å². The van der Waals surface area contributed by atoms with Gasteiger partial charge in [0.25, 0.3) is 0 Å². The lowest BCUT2D eigenvalue weighted by atomic mass is 9.88. The van der Waals surface area contributed by atoms with Gasteiger partial charge in [-0.05, 0) is 12.1 Å². The molecule has 0 aliphatic carbocycles. The van der Waals surface area contributed by atoms with Gasteiger partial charge in [0, 0.05) is 18.8 Å². The smallest absolute Gasteiger partial charge is 0.326 e. The molecule has 0 unspecified atom stereocenters. The van der Waals surface area contributed by atoms with E-state index in [4.69, 9.17) is 5.02 Å². The highest BCUT2D eigenvalue weighted by molar-refractivity contribution is 7.91. The van der Waals surface area contributed by atoms with Crippen LogP contribution in [0.2, 0.25) is 0 Å². The second-order valence-electron chi connectivity index (χ2n) is 3.86. The maximum Gasteiger partial charge on any atom is 0.326 e. The van der Waals surface area contributed by atoms with Crippen LogP contribution in [0.4, 0.5) is 5.69 Å². The Labute approximate surface area is 96.1 Å². The Bertz CT molecular complexity index is 461. The zero-order valence-corrected chi connectivity index (χ0v) is 9.65. The Morgan fingerprint density at radius 3 is 2.56 bits per heavy atom. The highest BCUT2D eigenvalue weighted by Crippen LogP contribution is 2.15. The van der Waals surface area contributed by atoms with E-state index in [0.29, 0.717) is 13.1 Å². The van der Waals surface area contributed by atoms with Crippen LogP contribution in [0.5, 0.6) is 0 Å². The minimum Gasteiger partial charge on any atom is -0.450 e. The molecule has 0 amide bonds. The van der Waals surface area contributed by atoms with Crippen molar-refractivity contribution in [3.05, 3.63) is 24.3 Å². The molecule has 2 rings (SSSR count). The summed E-state index contributed by atoms with van der Waals surface area (Å²) < 4.78 is 22.6. The van der Waals surface area contributed by atoms with E-state index in [-0.39, 0.29) is 11.5 Å². The molecule has 16 heavy (non-hydrogen) atoms. The molecule has 0 spiro atoms. The number of hydrogen-bond donors (Lipinski definition) is 1. The monoisotopic (exact) mass is 238 g/mol. The summed E-state index contributed by atoms with van der Waals surface area (Å²) in [4.78, 5) is 2.02. The molecule has 1 radical (unpaired) electrons. The minimum absolute atomic E-state index is 0.208. The normalized spacial score (nSPS) is 19.4. The summed E-state index contributed by atoms with van der Waals surface area (Å²) in [5.74, 6) is 0.417. The first-order valence-corrected chi connectivity index (χ1v) is 6.96. The van der Waals surface area contributed by atoms with Crippen LogP contribution < -0.4 is 10.4 Å². The fraction of sp³-hybridized carbons (Fsp3) is 0.400. The fourth-order valence-corrected chi connectivity index (χ4v) is 2.97. The van der Waals surface area contributed by atoms with Gasteiger partial charge in [-0.25, -0.2) is 8.42 Å². The van der Waals surface area contributed by atoms with Crippen molar-refractivity contribution in [3.63, 3.8) is 0 Å². The second-order valence-corrected chi connectivity index (χ2v) is 6.17. The zero-order chi connectivity index (χ0) is 11.6. The van der Waals surface area contributed by atoms with Gasteiger partial charge < -0.3 is 9.92 Å². The first kappa shape index (κ1) is 11.5. The van der Waals surface area contributed by atoms with E-state index in [1.807, 2.05) is 23.1 Å². The molecule has 1 aliphatic rings. The number of anilines is 1. The summed E-state index contributed by atoms with van der Waals surface area (Å²) in [5.41, 5.74) is 1.68. The summed E-state index contributed by atoms with van der Waals surface area (Å²) in [6.45, 7) is 1.05. The van der Waals surface area contributed by atoms with Crippen LogP contribution in [-0.2, 0) is 9.84 Å². The standard InChI is InChI=1S/C10H13BNO3S/c13-11-9-2-1-3-10(8-9)12-4-6-16(14,15)7-5-12/h1-3,8,13H,4-7H2. The summed E-state index contributed by atoms with van der Waals surface area (Å²) in [6.07, 6.45) is 0. The molecule has 1 saturated heterocycles. The quantitative estimate of drug-likeness (QED) is 0.682. The average Bonchev–Trinajstić information content (AvgIpc) is 2.29. The van der Waals surface area contributed by atoms with Crippen molar-refractivity contribution in [2.24, 2.45) is 0 Å². The van der Waals surface area contributed by atoms with Crippen molar-refractivity contribution in [1.29, 1.82) is 0 Å². The van der Waals surface area contributed by atoms with Crippen LogP contribution in [0.1, 0.15) is 0 Å². The number of sulfone groups is 1. The molecule has 0 aromatic heterocycles.